The van der Waals surface area contributed by atoms with Crippen molar-refractivity contribution in [1.82, 2.24) is 0 Å². The van der Waals surface area contributed by atoms with Crippen molar-refractivity contribution in [2.75, 3.05) is 19.8 Å². The Kier molecular flexibility index (Phi) is 44.2. The lowest BCUT2D eigenvalue weighted by atomic mass is 10.1. The Labute approximate surface area is 114 Å². The van der Waals surface area contributed by atoms with Gasteiger partial charge in [0.25, 0.3) is 0 Å². The standard InChI is InChI=1S/C5H13NO.C5H12O.C2H6O.C2H6/c1-5(2)3-4-7-6;1-5(2)3-4-6;1-2-3;1-2/h5H,3-4,6H2,1-2H3;5-6H,3-4H2,1-2H3;3H,2H2,1H3;1-2H3. The lowest BCUT2D eigenvalue weighted by Crippen LogP contribution is -2.03. The fraction of sp³-hybridized carbons (Fsp3) is 1.00. The van der Waals surface area contributed by atoms with E-state index < -0.39 is 0 Å². The van der Waals surface area contributed by atoms with Gasteiger partial charge in [-0.15, -0.1) is 0 Å². The second-order valence-corrected chi connectivity index (χ2v) is 4.28. The van der Waals surface area contributed by atoms with Crippen molar-refractivity contribution in [2.45, 2.75) is 61.3 Å². The molecule has 0 amide bonds. The first-order valence-electron chi connectivity index (χ1n) is 6.99. The van der Waals surface area contributed by atoms with E-state index in [1.807, 2.05) is 13.8 Å². The number of rotatable bonds is 5. The Morgan fingerprint density at radius 1 is 0.944 bits per heavy atom. The molecule has 0 unspecified atom stereocenters. The largest absolute Gasteiger partial charge is 0.397 e. The molecule has 0 spiro atoms. The molecule has 0 aliphatic carbocycles. The first kappa shape index (κ1) is 26.4. The highest BCUT2D eigenvalue weighted by Crippen LogP contribution is 1.96. The molecule has 0 saturated carbocycles. The van der Waals surface area contributed by atoms with Crippen molar-refractivity contribution in [3.63, 3.8) is 0 Å². The van der Waals surface area contributed by atoms with Crippen molar-refractivity contribution in [3.8, 4) is 0 Å². The summed E-state index contributed by atoms with van der Waals surface area (Å²) in [7, 11) is 0. The molecule has 18 heavy (non-hydrogen) atoms. The van der Waals surface area contributed by atoms with Crippen molar-refractivity contribution in [3.05, 3.63) is 0 Å². The number of nitrogens with two attached hydrogens (primary N) is 1. The molecule has 0 heterocycles. The summed E-state index contributed by atoms with van der Waals surface area (Å²) in [6.45, 7) is 15.4. The van der Waals surface area contributed by atoms with Crippen molar-refractivity contribution in [1.29, 1.82) is 0 Å². The number of aliphatic hydroxyl groups is 2. The molecule has 0 saturated heterocycles. The molecule has 0 bridgehead atoms. The highest BCUT2D eigenvalue weighted by atomic mass is 16.6. The van der Waals surface area contributed by atoms with Crippen molar-refractivity contribution < 1.29 is 15.1 Å². The lowest BCUT2D eigenvalue weighted by Gasteiger charge is -1.99. The molecule has 0 aromatic rings. The van der Waals surface area contributed by atoms with Gasteiger partial charge in [-0.25, -0.2) is 5.90 Å². The van der Waals surface area contributed by atoms with Crippen LogP contribution in [0.1, 0.15) is 61.3 Å². The van der Waals surface area contributed by atoms with Crippen LogP contribution in [0.25, 0.3) is 0 Å². The van der Waals surface area contributed by atoms with Crippen LogP contribution in [0.4, 0.5) is 0 Å². The summed E-state index contributed by atoms with van der Waals surface area (Å²) in [6, 6.07) is 0. The zero-order chi connectivity index (χ0) is 15.4. The summed E-state index contributed by atoms with van der Waals surface area (Å²) in [5.41, 5.74) is 0. The van der Waals surface area contributed by atoms with Crippen LogP contribution in [0.15, 0.2) is 0 Å². The molecular formula is C14H37NO3. The molecule has 0 radical (unpaired) electrons. The second kappa shape index (κ2) is 30.1. The number of hydrogen-bond donors (Lipinski definition) is 3. The molecule has 0 aromatic carbocycles. The van der Waals surface area contributed by atoms with Gasteiger partial charge in [-0.3, -0.25) is 0 Å². The molecule has 0 aromatic heterocycles. The Balaban J connectivity index is -0.0000000811. The predicted octanol–water partition coefficient (Wildman–Crippen LogP) is 2.97. The van der Waals surface area contributed by atoms with E-state index in [2.05, 4.69) is 32.5 Å². The van der Waals surface area contributed by atoms with E-state index in [9.17, 15) is 0 Å². The third kappa shape index (κ3) is 74.6. The first-order valence-corrected chi connectivity index (χ1v) is 6.99. The Bertz CT molecular complexity index is 99.0. The Hall–Kier alpha value is -0.160. The Morgan fingerprint density at radius 3 is 1.33 bits per heavy atom. The van der Waals surface area contributed by atoms with E-state index in [0.717, 1.165) is 12.8 Å². The van der Waals surface area contributed by atoms with Gasteiger partial charge in [0.05, 0.1) is 6.61 Å². The smallest absolute Gasteiger partial charge is 0.0681 e. The molecule has 4 nitrogen and oxygen atoms in total. The lowest BCUT2D eigenvalue weighted by molar-refractivity contribution is 0.126. The molecule has 0 fully saturated rings. The average molecular weight is 267 g/mol. The van der Waals surface area contributed by atoms with Gasteiger partial charge < -0.3 is 15.1 Å². The first-order chi connectivity index (χ1) is 8.45. The van der Waals surface area contributed by atoms with Gasteiger partial charge in [0.15, 0.2) is 0 Å². The number of hydrogen-bond acceptors (Lipinski definition) is 4. The maximum atomic E-state index is 8.24. The van der Waals surface area contributed by atoms with Crippen LogP contribution in [0, 0.1) is 11.8 Å². The maximum Gasteiger partial charge on any atom is 0.0681 e. The molecule has 0 atom stereocenters. The summed E-state index contributed by atoms with van der Waals surface area (Å²) in [5.74, 6) is 6.12. The molecular weight excluding hydrogens is 230 g/mol. The van der Waals surface area contributed by atoms with E-state index in [-0.39, 0.29) is 6.61 Å². The molecule has 0 aliphatic heterocycles. The van der Waals surface area contributed by atoms with Crippen LogP contribution < -0.4 is 5.90 Å². The summed E-state index contributed by atoms with van der Waals surface area (Å²) in [5, 5.41) is 15.8. The summed E-state index contributed by atoms with van der Waals surface area (Å²) < 4.78 is 0. The van der Waals surface area contributed by atoms with E-state index in [1.54, 1.807) is 6.92 Å². The fourth-order valence-corrected chi connectivity index (χ4v) is 0.562. The predicted molar refractivity (Wildman–Crippen MR) is 80.2 cm³/mol. The van der Waals surface area contributed by atoms with Gasteiger partial charge in [0.1, 0.15) is 0 Å². The summed E-state index contributed by atoms with van der Waals surface area (Å²) in [6.07, 6.45) is 1.98. The van der Waals surface area contributed by atoms with Crippen LogP contribution in [-0.2, 0) is 4.84 Å². The van der Waals surface area contributed by atoms with Crippen LogP contribution in [-0.4, -0.2) is 30.0 Å². The zero-order valence-electron chi connectivity index (χ0n) is 13.6. The van der Waals surface area contributed by atoms with Crippen LogP contribution in [0.2, 0.25) is 0 Å². The van der Waals surface area contributed by atoms with Crippen LogP contribution in [0.3, 0.4) is 0 Å². The van der Waals surface area contributed by atoms with Crippen molar-refractivity contribution in [2.24, 2.45) is 17.7 Å². The average Bonchev–Trinajstić information content (AvgIpc) is 2.30. The molecule has 116 valence electrons. The van der Waals surface area contributed by atoms with E-state index in [1.165, 1.54) is 0 Å². The molecule has 0 rings (SSSR count). The zero-order valence-corrected chi connectivity index (χ0v) is 13.6. The molecule has 4 N–H and O–H groups in total. The third-order valence-electron chi connectivity index (χ3n) is 1.52. The normalized spacial score (nSPS) is 8.67. The van der Waals surface area contributed by atoms with Gasteiger partial charge in [0.2, 0.25) is 0 Å². The van der Waals surface area contributed by atoms with Crippen molar-refractivity contribution >= 4 is 0 Å². The minimum Gasteiger partial charge on any atom is -0.397 e. The minimum atomic E-state index is 0.250. The van der Waals surface area contributed by atoms with Gasteiger partial charge >= 0.3 is 0 Å². The van der Waals surface area contributed by atoms with E-state index >= 15 is 0 Å². The van der Waals surface area contributed by atoms with Gasteiger partial charge in [-0.2, -0.15) is 0 Å². The minimum absolute atomic E-state index is 0.250. The van der Waals surface area contributed by atoms with E-state index in [0.29, 0.717) is 25.0 Å². The molecule has 4 heteroatoms. The molecule has 0 aliphatic rings. The highest BCUT2D eigenvalue weighted by Gasteiger charge is 1.89. The van der Waals surface area contributed by atoms with Gasteiger partial charge in [-0.1, -0.05) is 41.5 Å². The van der Waals surface area contributed by atoms with Crippen LogP contribution in [0.5, 0.6) is 0 Å². The third-order valence-corrected chi connectivity index (χ3v) is 1.52. The summed E-state index contributed by atoms with van der Waals surface area (Å²) >= 11 is 0. The quantitative estimate of drug-likeness (QED) is 0.669. The topological polar surface area (TPSA) is 75.7 Å². The van der Waals surface area contributed by atoms with E-state index in [4.69, 9.17) is 16.1 Å². The number of aliphatic hydroxyl groups excluding tert-OH is 2. The Morgan fingerprint density at radius 2 is 1.28 bits per heavy atom. The monoisotopic (exact) mass is 267 g/mol. The fourth-order valence-electron chi connectivity index (χ4n) is 0.562. The maximum absolute atomic E-state index is 8.24. The van der Waals surface area contributed by atoms with Gasteiger partial charge in [0, 0.05) is 13.2 Å². The van der Waals surface area contributed by atoms with Crippen LogP contribution >= 0.6 is 0 Å². The summed E-state index contributed by atoms with van der Waals surface area (Å²) in [4.78, 5) is 4.35. The van der Waals surface area contributed by atoms with Gasteiger partial charge in [-0.05, 0) is 31.6 Å². The highest BCUT2D eigenvalue weighted by molar-refractivity contribution is 4.40. The second-order valence-electron chi connectivity index (χ2n) is 4.28. The SMILES string of the molecule is CC.CC(C)CCO.CC(C)CCON.CCO.